The molecule has 18 heteroatoms. The molecule has 236 valence electrons. The first kappa shape index (κ1) is 33.2. The van der Waals surface area contributed by atoms with Crippen LogP contribution in [-0.4, -0.2) is 106 Å². The van der Waals surface area contributed by atoms with E-state index in [0.29, 0.717) is 4.90 Å². The van der Waals surface area contributed by atoms with Crippen molar-refractivity contribution in [1.82, 2.24) is 24.1 Å². The Bertz CT molecular complexity index is 1440. The maximum Gasteiger partial charge on any atom is 0.392 e. The Balaban J connectivity index is 1.53. The van der Waals surface area contributed by atoms with E-state index >= 15 is 0 Å². The number of fused-ring (bicyclic) bond motifs is 1. The summed E-state index contributed by atoms with van der Waals surface area (Å²) >= 11 is 12.6. The van der Waals surface area contributed by atoms with Gasteiger partial charge >= 0.3 is 12.2 Å². The first-order chi connectivity index (χ1) is 19.4. The van der Waals surface area contributed by atoms with Crippen LogP contribution in [0.25, 0.3) is 0 Å². The van der Waals surface area contributed by atoms with Gasteiger partial charge in [-0.25, -0.2) is 13.2 Å². The van der Waals surface area contributed by atoms with Gasteiger partial charge in [-0.1, -0.05) is 18.5 Å². The second kappa shape index (κ2) is 12.0. The number of imide groups is 1. The fourth-order valence-corrected chi connectivity index (χ4v) is 8.30. The summed E-state index contributed by atoms with van der Waals surface area (Å²) in [5.74, 6) is -5.59. The number of benzene rings is 1. The number of nitrogens with zero attached hydrogens (tertiary/aromatic N) is 3. The van der Waals surface area contributed by atoms with E-state index in [1.54, 1.807) is 4.90 Å². The fourth-order valence-electron chi connectivity index (χ4n) is 5.72. The lowest BCUT2D eigenvalue weighted by atomic mass is 9.69. The van der Waals surface area contributed by atoms with Gasteiger partial charge in [-0.2, -0.15) is 30.6 Å². The van der Waals surface area contributed by atoms with Gasteiger partial charge in [0, 0.05) is 50.7 Å². The van der Waals surface area contributed by atoms with Gasteiger partial charge in [0.2, 0.25) is 5.91 Å². The summed E-state index contributed by atoms with van der Waals surface area (Å²) in [4.78, 5) is 28.8. The number of halogens is 5. The van der Waals surface area contributed by atoms with Crippen LogP contribution in [0.3, 0.4) is 0 Å². The normalized spacial score (nSPS) is 28.0. The smallest absolute Gasteiger partial charge is 0.333 e. The fraction of sp³-hybridized carbons (Fsp3) is 0.667. The van der Waals surface area contributed by atoms with Crippen LogP contribution in [0, 0.1) is 17.8 Å². The Hall–Kier alpha value is -1.69. The molecule has 2 saturated heterocycles. The van der Waals surface area contributed by atoms with Gasteiger partial charge < -0.3 is 5.32 Å². The number of nitrogens with one attached hydrogen (secondary N) is 2. The molecule has 42 heavy (non-hydrogen) atoms. The predicted octanol–water partition coefficient (Wildman–Crippen LogP) is 2.06. The van der Waals surface area contributed by atoms with Crippen LogP contribution in [-0.2, 0) is 31.4 Å². The predicted molar refractivity (Wildman–Crippen MR) is 149 cm³/mol. The average molecular weight is 679 g/mol. The summed E-state index contributed by atoms with van der Waals surface area (Å²) in [5.41, 5.74) is 0.0620. The first-order valence-electron chi connectivity index (χ1n) is 13.1. The van der Waals surface area contributed by atoms with Crippen LogP contribution in [0.4, 0.5) is 18.0 Å². The highest BCUT2D eigenvalue weighted by Crippen LogP contribution is 2.47. The van der Waals surface area contributed by atoms with E-state index in [1.165, 1.54) is 39.2 Å². The van der Waals surface area contributed by atoms with Crippen molar-refractivity contribution < 1.29 is 39.6 Å². The molecule has 2 N–H and O–H groups in total. The molecule has 2 aliphatic heterocycles. The minimum Gasteiger partial charge on any atom is -0.333 e. The van der Waals surface area contributed by atoms with E-state index in [9.17, 15) is 39.6 Å². The molecule has 1 aromatic rings. The van der Waals surface area contributed by atoms with Gasteiger partial charge in [0.1, 0.15) is 0 Å². The van der Waals surface area contributed by atoms with Crippen LogP contribution >= 0.6 is 23.2 Å². The number of carbonyl (C=O) groups is 2. The molecule has 0 aromatic heterocycles. The van der Waals surface area contributed by atoms with E-state index in [1.807, 2.05) is 0 Å². The van der Waals surface area contributed by atoms with Crippen LogP contribution in [0.5, 0.6) is 0 Å². The van der Waals surface area contributed by atoms with E-state index in [4.69, 9.17) is 23.2 Å². The summed E-state index contributed by atoms with van der Waals surface area (Å²) in [5, 5.41) is 1.49. The Morgan fingerprint density at radius 2 is 1.79 bits per heavy atom. The quantitative estimate of drug-likeness (QED) is 0.382. The largest absolute Gasteiger partial charge is 0.392 e. The standard InChI is InChI=1S/C24H32Cl2F3N5O6S2/c1-4-41(37,38)19-6-5-14(25)7-13(19)9-34-22(35)16-8-18(24(27,28)29)17(20(26)21(16)30-23(34)36)12-33-10-15(11-33)31-42(39,40)32(2)3/h5-7,15-18,20-21,31H,4,8-12H2,1-3H3,(H,30,36). The maximum atomic E-state index is 14.3. The molecule has 1 aromatic carbocycles. The molecular weight excluding hydrogens is 646 g/mol. The van der Waals surface area contributed by atoms with Crippen LogP contribution < -0.4 is 10.0 Å². The van der Waals surface area contributed by atoms with Gasteiger partial charge in [0.05, 0.1) is 40.4 Å². The molecule has 3 aliphatic rings. The Kier molecular flexibility index (Phi) is 9.50. The average Bonchev–Trinajstić information content (AvgIpc) is 2.85. The molecule has 0 bridgehead atoms. The van der Waals surface area contributed by atoms with Crippen LogP contribution in [0.2, 0.25) is 5.02 Å². The highest BCUT2D eigenvalue weighted by Gasteiger charge is 2.59. The van der Waals surface area contributed by atoms with Crippen molar-refractivity contribution in [2.24, 2.45) is 17.8 Å². The van der Waals surface area contributed by atoms with Crippen LogP contribution in [0.15, 0.2) is 23.1 Å². The lowest BCUT2D eigenvalue weighted by molar-refractivity contribution is -0.206. The number of rotatable bonds is 9. The third-order valence-electron chi connectivity index (χ3n) is 8.04. The highest BCUT2D eigenvalue weighted by atomic mass is 35.5. The van der Waals surface area contributed by atoms with Gasteiger partial charge in [-0.15, -0.1) is 11.6 Å². The summed E-state index contributed by atoms with van der Waals surface area (Å²) in [7, 11) is -4.77. The van der Waals surface area contributed by atoms with Crippen molar-refractivity contribution >= 4 is 55.2 Å². The maximum absolute atomic E-state index is 14.3. The number of likely N-dealkylation sites (tertiary alicyclic amines) is 1. The summed E-state index contributed by atoms with van der Waals surface area (Å²) in [6.45, 7) is 1.15. The van der Waals surface area contributed by atoms with Gasteiger partial charge in [0.25, 0.3) is 10.2 Å². The van der Waals surface area contributed by atoms with E-state index in [0.717, 1.165) is 4.31 Å². The molecule has 5 atom stereocenters. The van der Waals surface area contributed by atoms with Crippen molar-refractivity contribution in [3.63, 3.8) is 0 Å². The number of sulfone groups is 1. The molecule has 3 fully saturated rings. The number of urea groups is 1. The zero-order valence-corrected chi connectivity index (χ0v) is 26.1. The summed E-state index contributed by atoms with van der Waals surface area (Å²) in [6.07, 6.45) is -5.33. The first-order valence-corrected chi connectivity index (χ1v) is 17.0. The molecule has 3 amide bonds. The number of amides is 3. The van der Waals surface area contributed by atoms with Crippen molar-refractivity contribution in [1.29, 1.82) is 0 Å². The third-order valence-corrected chi connectivity index (χ3v) is 12.3. The van der Waals surface area contributed by atoms with Gasteiger partial charge in [0.15, 0.2) is 9.84 Å². The molecular formula is C24H32Cl2F3N5O6S2. The molecule has 0 spiro atoms. The van der Waals surface area contributed by atoms with E-state index < -0.39 is 86.3 Å². The highest BCUT2D eigenvalue weighted by molar-refractivity contribution is 7.91. The number of hydrogen-bond donors (Lipinski definition) is 2. The minimum atomic E-state index is -4.71. The number of hydrogen-bond acceptors (Lipinski definition) is 7. The van der Waals surface area contributed by atoms with Crippen molar-refractivity contribution in [3.05, 3.63) is 28.8 Å². The number of carbonyl (C=O) groups excluding carboxylic acids is 2. The molecule has 11 nitrogen and oxygen atoms in total. The van der Waals surface area contributed by atoms with Crippen LogP contribution in [0.1, 0.15) is 18.9 Å². The molecule has 1 saturated carbocycles. The zero-order chi connectivity index (χ0) is 31.4. The SMILES string of the molecule is CCS(=O)(=O)c1ccc(Cl)cc1CN1C(=O)NC2C(CC(C(F)(F)F)C(CN3CC(NS(=O)(=O)N(C)C)C3)C2Cl)C1=O. The van der Waals surface area contributed by atoms with Crippen molar-refractivity contribution in [2.45, 2.75) is 48.4 Å². The second-order valence-electron chi connectivity index (χ2n) is 11.0. The van der Waals surface area contributed by atoms with Crippen molar-refractivity contribution in [2.75, 3.05) is 39.5 Å². The van der Waals surface area contributed by atoms with E-state index in [-0.39, 0.29) is 40.9 Å². The van der Waals surface area contributed by atoms with E-state index in [2.05, 4.69) is 10.0 Å². The Morgan fingerprint density at radius 3 is 2.36 bits per heavy atom. The van der Waals surface area contributed by atoms with Gasteiger partial charge in [-0.3, -0.25) is 14.6 Å². The lowest BCUT2D eigenvalue weighted by Gasteiger charge is -2.51. The van der Waals surface area contributed by atoms with Gasteiger partial charge in [-0.05, 0) is 30.2 Å². The summed E-state index contributed by atoms with van der Waals surface area (Å²) in [6, 6.07) is 1.44. The molecule has 0 radical (unpaired) electrons. The lowest BCUT2D eigenvalue weighted by Crippen LogP contribution is -2.68. The Morgan fingerprint density at radius 1 is 1.14 bits per heavy atom. The minimum absolute atomic E-state index is 0.0620. The monoisotopic (exact) mass is 677 g/mol. The second-order valence-corrected chi connectivity index (χ2v) is 16.1. The zero-order valence-electron chi connectivity index (χ0n) is 22.9. The van der Waals surface area contributed by atoms with Crippen molar-refractivity contribution in [3.8, 4) is 0 Å². The number of alkyl halides is 4. The molecule has 5 unspecified atom stereocenters. The molecule has 2 heterocycles. The third kappa shape index (κ3) is 6.69. The Labute approximate surface area is 252 Å². The molecule has 4 rings (SSSR count). The summed E-state index contributed by atoms with van der Waals surface area (Å²) < 4.78 is 95.7. The molecule has 1 aliphatic carbocycles. The topological polar surface area (TPSA) is 136 Å².